The lowest BCUT2D eigenvalue weighted by Gasteiger charge is -2.14. The molecule has 0 aliphatic carbocycles. The molecule has 0 aromatic carbocycles. The van der Waals surface area contributed by atoms with Gasteiger partial charge in [-0.3, -0.25) is 4.79 Å². The molecule has 1 N–H and O–H groups in total. The van der Waals surface area contributed by atoms with Crippen molar-refractivity contribution in [1.82, 2.24) is 25.1 Å². The van der Waals surface area contributed by atoms with E-state index >= 15 is 0 Å². The number of nitrogens with zero attached hydrogens (tertiary/aromatic N) is 4. The number of amides is 1. The Balaban J connectivity index is 1.98. The number of hydrogen-bond acceptors (Lipinski definition) is 6. The summed E-state index contributed by atoms with van der Waals surface area (Å²) in [4.78, 5) is 16.3. The summed E-state index contributed by atoms with van der Waals surface area (Å²) < 4.78 is 6.96. The molecule has 0 aliphatic rings. The molecule has 8 heteroatoms. The molecule has 0 saturated carbocycles. The van der Waals surface area contributed by atoms with Crippen molar-refractivity contribution in [3.63, 3.8) is 0 Å². The Morgan fingerprint density at radius 2 is 2.38 bits per heavy atom. The second-order valence-corrected chi connectivity index (χ2v) is 5.74. The highest BCUT2D eigenvalue weighted by atomic mass is 32.1. The number of carbonyl (C=O) groups is 1. The molecule has 7 nitrogen and oxygen atoms in total. The first-order valence-electron chi connectivity index (χ1n) is 6.71. The van der Waals surface area contributed by atoms with Crippen molar-refractivity contribution in [2.75, 3.05) is 13.7 Å². The fourth-order valence-electron chi connectivity index (χ4n) is 1.95. The van der Waals surface area contributed by atoms with Crippen molar-refractivity contribution in [1.29, 1.82) is 0 Å². The summed E-state index contributed by atoms with van der Waals surface area (Å²) in [5, 5.41) is 13.5. The third kappa shape index (κ3) is 4.08. The first kappa shape index (κ1) is 15.6. The van der Waals surface area contributed by atoms with Crippen LogP contribution in [-0.2, 0) is 11.3 Å². The highest BCUT2D eigenvalue weighted by Crippen LogP contribution is 2.12. The Morgan fingerprint density at radius 1 is 1.57 bits per heavy atom. The van der Waals surface area contributed by atoms with Crippen molar-refractivity contribution in [2.24, 2.45) is 0 Å². The van der Waals surface area contributed by atoms with E-state index in [9.17, 15) is 4.79 Å². The molecule has 0 bridgehead atoms. The molecular weight excluding hydrogens is 290 g/mol. The van der Waals surface area contributed by atoms with Crippen molar-refractivity contribution in [2.45, 2.75) is 32.9 Å². The topological polar surface area (TPSA) is 81.9 Å². The predicted octanol–water partition coefficient (Wildman–Crippen LogP) is 1.57. The van der Waals surface area contributed by atoms with Crippen molar-refractivity contribution >= 4 is 17.2 Å². The number of carbonyl (C=O) groups excluding carboxylic acids is 1. The van der Waals surface area contributed by atoms with Gasteiger partial charge in [-0.2, -0.15) is 0 Å². The molecule has 2 rings (SSSR count). The number of methoxy groups -OCH3 is 1. The summed E-state index contributed by atoms with van der Waals surface area (Å²) in [5.41, 5.74) is 0.440. The van der Waals surface area contributed by atoms with Gasteiger partial charge in [0.15, 0.2) is 5.82 Å². The lowest BCUT2D eigenvalue weighted by molar-refractivity contribution is 0.0933. The van der Waals surface area contributed by atoms with Crippen molar-refractivity contribution < 1.29 is 9.53 Å². The van der Waals surface area contributed by atoms with Crippen LogP contribution in [0, 0.1) is 6.92 Å². The molecule has 0 radical (unpaired) electrons. The fraction of sp³-hybridized carbons (Fsp3) is 0.538. The Labute approximate surface area is 127 Å². The fourth-order valence-corrected chi connectivity index (χ4v) is 2.55. The van der Waals surface area contributed by atoms with Gasteiger partial charge < -0.3 is 14.6 Å². The number of aromatic nitrogens is 4. The number of nitrogens with one attached hydrogen (secondary N) is 1. The molecule has 2 heterocycles. The van der Waals surface area contributed by atoms with Crippen LogP contribution in [0.1, 0.15) is 40.7 Å². The van der Waals surface area contributed by atoms with E-state index in [0.29, 0.717) is 12.3 Å². The van der Waals surface area contributed by atoms with Gasteiger partial charge in [-0.15, -0.1) is 21.5 Å². The van der Waals surface area contributed by atoms with Gasteiger partial charge in [0.2, 0.25) is 0 Å². The summed E-state index contributed by atoms with van der Waals surface area (Å²) in [7, 11) is 1.67. The van der Waals surface area contributed by atoms with Gasteiger partial charge in [0.1, 0.15) is 12.0 Å². The number of ether oxygens (including phenoxy) is 1. The maximum absolute atomic E-state index is 12.1. The zero-order valence-corrected chi connectivity index (χ0v) is 13.2. The maximum atomic E-state index is 12.1. The Morgan fingerprint density at radius 3 is 3.05 bits per heavy atom. The number of aryl methyl sites for hydroxylation is 2. The second kappa shape index (κ2) is 7.28. The summed E-state index contributed by atoms with van der Waals surface area (Å²) in [5.74, 6) is 0.532. The van der Waals surface area contributed by atoms with E-state index in [0.717, 1.165) is 23.8 Å². The molecule has 114 valence electrons. The van der Waals surface area contributed by atoms with Crippen molar-refractivity contribution in [3.8, 4) is 0 Å². The van der Waals surface area contributed by atoms with E-state index in [-0.39, 0.29) is 11.9 Å². The van der Waals surface area contributed by atoms with E-state index in [4.69, 9.17) is 4.74 Å². The van der Waals surface area contributed by atoms with Gasteiger partial charge >= 0.3 is 0 Å². The van der Waals surface area contributed by atoms with Crippen LogP contribution in [0.3, 0.4) is 0 Å². The minimum Gasteiger partial charge on any atom is -0.385 e. The maximum Gasteiger partial charge on any atom is 0.271 e. The minimum atomic E-state index is -0.232. The van der Waals surface area contributed by atoms with Crippen LogP contribution in [0.25, 0.3) is 0 Å². The van der Waals surface area contributed by atoms with E-state index in [1.807, 2.05) is 18.4 Å². The SMILES string of the molecule is COCCCn1cnnc1[C@@H](C)NC(=O)c1csc(C)n1. The van der Waals surface area contributed by atoms with Crippen LogP contribution >= 0.6 is 11.3 Å². The Hall–Kier alpha value is -1.80. The van der Waals surface area contributed by atoms with Crippen LogP contribution in [-0.4, -0.2) is 39.4 Å². The molecule has 0 spiro atoms. The van der Waals surface area contributed by atoms with Crippen molar-refractivity contribution in [3.05, 3.63) is 28.2 Å². The molecule has 1 amide bonds. The lowest BCUT2D eigenvalue weighted by Crippen LogP contribution is -2.29. The first-order chi connectivity index (χ1) is 10.1. The Kier molecular flexibility index (Phi) is 5.40. The zero-order chi connectivity index (χ0) is 15.2. The predicted molar refractivity (Wildman–Crippen MR) is 79.2 cm³/mol. The van der Waals surface area contributed by atoms with Crippen LogP contribution in [0.2, 0.25) is 0 Å². The van der Waals surface area contributed by atoms with E-state index in [1.165, 1.54) is 11.3 Å². The van der Waals surface area contributed by atoms with Crippen LogP contribution < -0.4 is 5.32 Å². The monoisotopic (exact) mass is 309 g/mol. The molecule has 2 aromatic rings. The smallest absolute Gasteiger partial charge is 0.271 e. The van der Waals surface area contributed by atoms with Gasteiger partial charge in [-0.05, 0) is 20.3 Å². The molecule has 0 aliphatic heterocycles. The average molecular weight is 309 g/mol. The van der Waals surface area contributed by atoms with E-state index in [1.54, 1.807) is 18.8 Å². The Bertz CT molecular complexity index is 595. The quantitative estimate of drug-likeness (QED) is 0.785. The van der Waals surface area contributed by atoms with Gasteiger partial charge in [0, 0.05) is 25.6 Å². The normalized spacial score (nSPS) is 12.3. The van der Waals surface area contributed by atoms with Gasteiger partial charge in [0.05, 0.1) is 11.0 Å². The summed E-state index contributed by atoms with van der Waals surface area (Å²) >= 11 is 1.46. The van der Waals surface area contributed by atoms with Crippen LogP contribution in [0.5, 0.6) is 0 Å². The summed E-state index contributed by atoms with van der Waals surface area (Å²) in [6, 6.07) is -0.232. The number of hydrogen-bond donors (Lipinski definition) is 1. The average Bonchev–Trinajstić information content (AvgIpc) is 3.08. The molecular formula is C13H19N5O2S. The molecule has 2 aromatic heterocycles. The second-order valence-electron chi connectivity index (χ2n) is 4.68. The number of thiazole rings is 1. The highest BCUT2D eigenvalue weighted by molar-refractivity contribution is 7.09. The third-order valence-electron chi connectivity index (χ3n) is 2.98. The number of rotatable bonds is 7. The third-order valence-corrected chi connectivity index (χ3v) is 3.75. The molecule has 0 saturated heterocycles. The largest absolute Gasteiger partial charge is 0.385 e. The molecule has 0 unspecified atom stereocenters. The van der Waals surface area contributed by atoms with Gasteiger partial charge in [-0.1, -0.05) is 0 Å². The van der Waals surface area contributed by atoms with Gasteiger partial charge in [0.25, 0.3) is 5.91 Å². The first-order valence-corrected chi connectivity index (χ1v) is 7.59. The van der Waals surface area contributed by atoms with Gasteiger partial charge in [-0.25, -0.2) is 4.98 Å². The zero-order valence-electron chi connectivity index (χ0n) is 12.4. The van der Waals surface area contributed by atoms with Crippen LogP contribution in [0.15, 0.2) is 11.7 Å². The highest BCUT2D eigenvalue weighted by Gasteiger charge is 2.17. The molecule has 21 heavy (non-hydrogen) atoms. The standard InChI is InChI=1S/C13H19N5O2S/c1-9(15-13(19)11-7-21-10(2)16-11)12-17-14-8-18(12)5-4-6-20-3/h7-9H,4-6H2,1-3H3,(H,15,19)/t9-/m1/s1. The molecule has 0 fully saturated rings. The summed E-state index contributed by atoms with van der Waals surface area (Å²) in [6.45, 7) is 5.19. The minimum absolute atomic E-state index is 0.196. The molecule has 1 atom stereocenters. The van der Waals surface area contributed by atoms with E-state index < -0.39 is 0 Å². The lowest BCUT2D eigenvalue weighted by atomic mass is 10.3. The van der Waals surface area contributed by atoms with E-state index in [2.05, 4.69) is 20.5 Å². The van der Waals surface area contributed by atoms with Crippen LogP contribution in [0.4, 0.5) is 0 Å². The summed E-state index contributed by atoms with van der Waals surface area (Å²) in [6.07, 6.45) is 2.54.